The molecule has 1 aliphatic carbocycles. The number of nitrogens with zero attached hydrogens (tertiary/aromatic N) is 1. The third kappa shape index (κ3) is 3.84. The largest absolute Gasteiger partial charge is 0.506 e. The number of aromatic hydroxyl groups is 1. The van der Waals surface area contributed by atoms with Gasteiger partial charge in [0.15, 0.2) is 0 Å². The molecule has 8 heteroatoms. The number of hydrogen-bond donors (Lipinski definition) is 2. The zero-order valence-electron chi connectivity index (χ0n) is 20.6. The lowest BCUT2D eigenvalue weighted by Gasteiger charge is -2.40. The molecular weight excluding hydrogens is 476 g/mol. The van der Waals surface area contributed by atoms with Crippen molar-refractivity contribution in [2.45, 2.75) is 56.5 Å². The fraction of sp³-hybridized carbons (Fsp3) is 0.357. The fourth-order valence-corrected chi connectivity index (χ4v) is 6.81. The van der Waals surface area contributed by atoms with E-state index in [0.717, 1.165) is 28.9 Å². The summed E-state index contributed by atoms with van der Waals surface area (Å²) in [4.78, 5) is 2.28. The summed E-state index contributed by atoms with van der Waals surface area (Å²) in [6.07, 6.45) is 2.18. The Bertz CT molecular complexity index is 1460. The molecule has 0 spiro atoms. The summed E-state index contributed by atoms with van der Waals surface area (Å²) in [7, 11) is -2.03. The Labute approximate surface area is 211 Å². The lowest BCUT2D eigenvalue weighted by Crippen LogP contribution is -2.40. The lowest BCUT2D eigenvalue weighted by molar-refractivity contribution is 0.413. The van der Waals surface area contributed by atoms with E-state index in [4.69, 9.17) is 8.92 Å². The van der Waals surface area contributed by atoms with E-state index in [0.29, 0.717) is 25.1 Å². The van der Waals surface area contributed by atoms with Gasteiger partial charge in [-0.15, -0.1) is 0 Å². The van der Waals surface area contributed by atoms with E-state index in [1.165, 1.54) is 11.1 Å². The van der Waals surface area contributed by atoms with Crippen molar-refractivity contribution in [3.8, 4) is 28.4 Å². The summed E-state index contributed by atoms with van der Waals surface area (Å²) in [5.74, 6) is 1.08. The number of phenolic OH excluding ortho intramolecular Hbond substituents is 1. The molecule has 1 atom stereocenters. The third-order valence-electron chi connectivity index (χ3n) is 7.37. The minimum absolute atomic E-state index is 0.104. The average molecular weight is 507 g/mol. The number of rotatable bonds is 6. The Balaban J connectivity index is 1.44. The molecule has 0 amide bonds. The SMILES string of the molecule is COc1cc(OS(=O)(=O)C2CC2)ccc1-c1ccc2c3c1CN(c1ccccc1O)C3CC(C)(C)N2. The van der Waals surface area contributed by atoms with Crippen molar-refractivity contribution in [2.24, 2.45) is 0 Å². The highest BCUT2D eigenvalue weighted by molar-refractivity contribution is 7.88. The quantitative estimate of drug-likeness (QED) is 0.421. The monoisotopic (exact) mass is 506 g/mol. The summed E-state index contributed by atoms with van der Waals surface area (Å²) in [6.45, 7) is 5.03. The van der Waals surface area contributed by atoms with Crippen molar-refractivity contribution in [3.63, 3.8) is 0 Å². The number of ether oxygens (including phenoxy) is 1. The maximum Gasteiger partial charge on any atom is 0.312 e. The number of methoxy groups -OCH3 is 1. The van der Waals surface area contributed by atoms with E-state index < -0.39 is 15.4 Å². The number of para-hydroxylation sites is 2. The number of nitrogens with one attached hydrogen (secondary N) is 1. The van der Waals surface area contributed by atoms with Crippen molar-refractivity contribution >= 4 is 21.5 Å². The highest BCUT2D eigenvalue weighted by Crippen LogP contribution is 2.53. The van der Waals surface area contributed by atoms with E-state index in [2.05, 4.69) is 36.2 Å². The molecular formula is C28H30N2O5S. The van der Waals surface area contributed by atoms with Crippen LogP contribution < -0.4 is 19.1 Å². The van der Waals surface area contributed by atoms with Gasteiger partial charge in [-0.3, -0.25) is 0 Å². The van der Waals surface area contributed by atoms with Crippen LogP contribution in [-0.2, 0) is 16.7 Å². The molecule has 0 radical (unpaired) electrons. The van der Waals surface area contributed by atoms with Gasteiger partial charge in [0, 0.05) is 35.0 Å². The molecule has 1 fully saturated rings. The number of anilines is 2. The van der Waals surface area contributed by atoms with Gasteiger partial charge in [-0.25, -0.2) is 0 Å². The maximum atomic E-state index is 12.3. The molecule has 3 aliphatic rings. The van der Waals surface area contributed by atoms with Crippen LogP contribution in [0.15, 0.2) is 54.6 Å². The molecule has 36 heavy (non-hydrogen) atoms. The van der Waals surface area contributed by atoms with Crippen LogP contribution in [0.4, 0.5) is 11.4 Å². The highest BCUT2D eigenvalue weighted by Gasteiger charge is 2.43. The average Bonchev–Trinajstić information content (AvgIpc) is 3.63. The topological polar surface area (TPSA) is 88.1 Å². The molecule has 6 rings (SSSR count). The molecule has 2 heterocycles. The smallest absolute Gasteiger partial charge is 0.312 e. The first-order valence-corrected chi connectivity index (χ1v) is 13.7. The molecule has 7 nitrogen and oxygen atoms in total. The molecule has 2 aliphatic heterocycles. The van der Waals surface area contributed by atoms with Crippen LogP contribution >= 0.6 is 0 Å². The minimum atomic E-state index is -3.61. The van der Waals surface area contributed by atoms with Crippen molar-refractivity contribution in [2.75, 3.05) is 17.3 Å². The first kappa shape index (κ1) is 23.0. The predicted molar refractivity (Wildman–Crippen MR) is 140 cm³/mol. The number of benzene rings is 3. The normalized spacial score (nSPS) is 20.0. The molecule has 1 saturated carbocycles. The van der Waals surface area contributed by atoms with Crippen LogP contribution in [-0.4, -0.2) is 31.4 Å². The summed E-state index contributed by atoms with van der Waals surface area (Å²) < 4.78 is 35.8. The zero-order chi connectivity index (χ0) is 25.2. The molecule has 0 bridgehead atoms. The van der Waals surface area contributed by atoms with Gasteiger partial charge in [0.25, 0.3) is 0 Å². The molecule has 2 N–H and O–H groups in total. The van der Waals surface area contributed by atoms with Gasteiger partial charge in [0.1, 0.15) is 17.2 Å². The Morgan fingerprint density at radius 3 is 2.53 bits per heavy atom. The Morgan fingerprint density at radius 1 is 1.06 bits per heavy atom. The predicted octanol–water partition coefficient (Wildman–Crippen LogP) is 5.59. The third-order valence-corrected chi connectivity index (χ3v) is 9.08. The lowest BCUT2D eigenvalue weighted by atomic mass is 9.83. The van der Waals surface area contributed by atoms with Gasteiger partial charge in [0.2, 0.25) is 0 Å². The molecule has 188 valence electrons. The first-order valence-electron chi connectivity index (χ1n) is 12.3. The fourth-order valence-electron chi connectivity index (χ4n) is 5.59. The minimum Gasteiger partial charge on any atom is -0.506 e. The summed E-state index contributed by atoms with van der Waals surface area (Å²) in [5.41, 5.74) is 6.10. The highest BCUT2D eigenvalue weighted by atomic mass is 32.2. The molecule has 1 unspecified atom stereocenters. The second kappa shape index (κ2) is 8.06. The van der Waals surface area contributed by atoms with E-state index in [1.807, 2.05) is 24.3 Å². The standard InChI is InChI=1S/C28H30N2O5S/c1-28(2)15-24-27-21(16-30(24)23-6-4-5-7-25(23)31)19(12-13-22(27)29-28)20-11-8-17(14-26(20)34-3)35-36(32,33)18-9-10-18/h4-8,11-14,18,24,29,31H,9-10,15-16H2,1-3H3. The maximum absolute atomic E-state index is 12.3. The Hall–Kier alpha value is -3.39. The van der Waals surface area contributed by atoms with Gasteiger partial charge in [0.05, 0.1) is 24.1 Å². The summed E-state index contributed by atoms with van der Waals surface area (Å²) in [6, 6.07) is 17.0. The first-order chi connectivity index (χ1) is 17.2. The van der Waals surface area contributed by atoms with Crippen LogP contribution in [0.25, 0.3) is 11.1 Å². The van der Waals surface area contributed by atoms with Crippen LogP contribution in [0, 0.1) is 0 Å². The summed E-state index contributed by atoms with van der Waals surface area (Å²) >= 11 is 0. The van der Waals surface area contributed by atoms with Crippen molar-refractivity contribution in [3.05, 3.63) is 65.7 Å². The van der Waals surface area contributed by atoms with Crippen LogP contribution in [0.5, 0.6) is 17.2 Å². The van der Waals surface area contributed by atoms with Gasteiger partial charge in [-0.2, -0.15) is 8.42 Å². The zero-order valence-corrected chi connectivity index (χ0v) is 21.4. The molecule has 3 aromatic carbocycles. The van der Waals surface area contributed by atoms with Gasteiger partial charge < -0.3 is 24.2 Å². The van der Waals surface area contributed by atoms with E-state index >= 15 is 0 Å². The molecule has 0 saturated heterocycles. The van der Waals surface area contributed by atoms with E-state index in [-0.39, 0.29) is 23.1 Å². The molecule has 3 aromatic rings. The second-order valence-corrected chi connectivity index (χ2v) is 12.4. The number of phenols is 1. The van der Waals surface area contributed by atoms with Crippen LogP contribution in [0.3, 0.4) is 0 Å². The number of hydrogen-bond acceptors (Lipinski definition) is 7. The van der Waals surface area contributed by atoms with E-state index in [9.17, 15) is 13.5 Å². The van der Waals surface area contributed by atoms with Crippen LogP contribution in [0.1, 0.15) is 50.3 Å². The van der Waals surface area contributed by atoms with Gasteiger partial charge in [-0.1, -0.05) is 18.2 Å². The summed E-state index contributed by atoms with van der Waals surface area (Å²) in [5, 5.41) is 14.0. The molecule has 0 aromatic heterocycles. The van der Waals surface area contributed by atoms with Crippen molar-refractivity contribution in [1.29, 1.82) is 0 Å². The van der Waals surface area contributed by atoms with Crippen molar-refractivity contribution in [1.82, 2.24) is 0 Å². The Morgan fingerprint density at radius 2 is 1.81 bits per heavy atom. The van der Waals surface area contributed by atoms with Crippen LogP contribution in [0.2, 0.25) is 0 Å². The second-order valence-electron chi connectivity index (χ2n) is 10.5. The van der Waals surface area contributed by atoms with Crippen molar-refractivity contribution < 1.29 is 22.4 Å². The van der Waals surface area contributed by atoms with Gasteiger partial charge >= 0.3 is 10.1 Å². The van der Waals surface area contributed by atoms with Gasteiger partial charge in [-0.05, 0) is 74.6 Å². The Kier molecular flexibility index (Phi) is 5.16. The van der Waals surface area contributed by atoms with E-state index in [1.54, 1.807) is 25.3 Å².